The molecule has 0 aliphatic rings. The van der Waals surface area contributed by atoms with Crippen molar-refractivity contribution in [3.05, 3.63) is 35.6 Å². The number of terminal acetylenes is 1. The first-order valence-corrected chi connectivity index (χ1v) is 4.65. The molecule has 82 valence electrons. The molecule has 3 nitrogen and oxygen atoms in total. The van der Waals surface area contributed by atoms with Gasteiger partial charge in [0.15, 0.2) is 0 Å². The molecule has 0 saturated heterocycles. The number of hydrogen-bond acceptors (Lipinski definition) is 2. The third-order valence-electron chi connectivity index (χ3n) is 1.91. The number of nitrogens with zero attached hydrogens (tertiary/aromatic N) is 2. The van der Waals surface area contributed by atoms with Gasteiger partial charge in [-0.1, -0.05) is 24.1 Å². The van der Waals surface area contributed by atoms with Gasteiger partial charge in [-0.15, -0.1) is 6.42 Å². The van der Waals surface area contributed by atoms with Gasteiger partial charge >= 0.3 is 0 Å². The van der Waals surface area contributed by atoms with Crippen molar-refractivity contribution in [1.82, 2.24) is 5.01 Å². The lowest BCUT2D eigenvalue weighted by Crippen LogP contribution is -2.23. The highest BCUT2D eigenvalue weighted by Crippen LogP contribution is 2.10. The molecule has 1 aromatic rings. The van der Waals surface area contributed by atoms with E-state index in [9.17, 15) is 9.18 Å². The molecule has 0 atom stereocenters. The number of hydrazone groups is 1. The fourth-order valence-electron chi connectivity index (χ4n) is 1.12. The Morgan fingerprint density at radius 3 is 2.88 bits per heavy atom. The minimum atomic E-state index is -0.371. The van der Waals surface area contributed by atoms with Crippen LogP contribution in [0.3, 0.4) is 0 Å². The molecule has 0 unspecified atom stereocenters. The third kappa shape index (κ3) is 3.21. The summed E-state index contributed by atoms with van der Waals surface area (Å²) in [5.41, 5.74) is 0.395. The zero-order valence-electron chi connectivity index (χ0n) is 8.85. The molecule has 0 fully saturated rings. The summed E-state index contributed by atoms with van der Waals surface area (Å²) in [6.45, 7) is 1.41. The molecule has 0 saturated carbocycles. The first-order valence-electron chi connectivity index (χ1n) is 4.65. The molecule has 16 heavy (non-hydrogen) atoms. The Balaban J connectivity index is 2.85. The lowest BCUT2D eigenvalue weighted by molar-refractivity contribution is -0.129. The molecule has 1 aromatic carbocycles. The maximum absolute atomic E-state index is 13.3. The molecule has 1 rings (SSSR count). The summed E-state index contributed by atoms with van der Waals surface area (Å²) in [5.74, 6) is 1.51. The van der Waals surface area contributed by atoms with Crippen LogP contribution in [0.25, 0.3) is 0 Å². The SMILES string of the molecule is C#CC=NN(Cc1ccccc1F)C(C)=O. The minimum Gasteiger partial charge on any atom is -0.273 e. The first kappa shape index (κ1) is 11.9. The van der Waals surface area contributed by atoms with Crippen LogP contribution in [0, 0.1) is 18.2 Å². The van der Waals surface area contributed by atoms with E-state index in [1.54, 1.807) is 18.2 Å². The monoisotopic (exact) mass is 218 g/mol. The quantitative estimate of drug-likeness (QED) is 0.432. The number of amides is 1. The largest absolute Gasteiger partial charge is 0.273 e. The molecule has 0 aliphatic heterocycles. The van der Waals surface area contributed by atoms with Gasteiger partial charge in [-0.2, -0.15) is 5.10 Å². The average molecular weight is 218 g/mol. The number of carbonyl (C=O) groups is 1. The van der Waals surface area contributed by atoms with Crippen molar-refractivity contribution in [3.8, 4) is 12.3 Å². The van der Waals surface area contributed by atoms with Crippen LogP contribution < -0.4 is 0 Å². The van der Waals surface area contributed by atoms with Crippen molar-refractivity contribution >= 4 is 12.1 Å². The van der Waals surface area contributed by atoms with Crippen LogP contribution in [0.5, 0.6) is 0 Å². The number of benzene rings is 1. The standard InChI is InChI=1S/C12H11FN2O/c1-3-8-14-15(10(2)16)9-11-6-4-5-7-12(11)13/h1,4-8H,9H2,2H3. The predicted octanol–water partition coefficient (Wildman–Crippen LogP) is 1.79. The van der Waals surface area contributed by atoms with Crippen molar-refractivity contribution in [1.29, 1.82) is 0 Å². The highest BCUT2D eigenvalue weighted by molar-refractivity contribution is 5.80. The zero-order chi connectivity index (χ0) is 12.0. The lowest BCUT2D eigenvalue weighted by Gasteiger charge is -2.14. The summed E-state index contributed by atoms with van der Waals surface area (Å²) in [7, 11) is 0. The van der Waals surface area contributed by atoms with E-state index in [4.69, 9.17) is 6.42 Å². The van der Waals surface area contributed by atoms with E-state index in [2.05, 4.69) is 11.0 Å². The smallest absolute Gasteiger partial charge is 0.239 e. The third-order valence-corrected chi connectivity index (χ3v) is 1.91. The van der Waals surface area contributed by atoms with Gasteiger partial charge in [-0.3, -0.25) is 4.79 Å². The fraction of sp³-hybridized carbons (Fsp3) is 0.167. The minimum absolute atomic E-state index is 0.0696. The van der Waals surface area contributed by atoms with Crippen LogP contribution >= 0.6 is 0 Å². The van der Waals surface area contributed by atoms with E-state index >= 15 is 0 Å². The van der Waals surface area contributed by atoms with Crippen LogP contribution in [-0.2, 0) is 11.3 Å². The summed E-state index contributed by atoms with van der Waals surface area (Å²) < 4.78 is 13.3. The number of rotatable bonds is 3. The number of carbonyl (C=O) groups excluding carboxylic acids is 1. The van der Waals surface area contributed by atoms with Crippen molar-refractivity contribution in [2.24, 2.45) is 5.10 Å². The molecule has 0 N–H and O–H groups in total. The molecule has 0 aliphatic carbocycles. The van der Waals surface area contributed by atoms with Gasteiger partial charge in [-0.05, 0) is 6.07 Å². The molecule has 0 bridgehead atoms. The Hall–Kier alpha value is -2.15. The van der Waals surface area contributed by atoms with Crippen molar-refractivity contribution < 1.29 is 9.18 Å². The molecular weight excluding hydrogens is 207 g/mol. The van der Waals surface area contributed by atoms with Gasteiger partial charge in [0.25, 0.3) is 0 Å². The van der Waals surface area contributed by atoms with E-state index in [0.717, 1.165) is 11.2 Å². The molecule has 0 spiro atoms. The second-order valence-corrected chi connectivity index (χ2v) is 3.08. The summed E-state index contributed by atoms with van der Waals surface area (Å²) in [4.78, 5) is 11.2. The van der Waals surface area contributed by atoms with Crippen molar-refractivity contribution in [2.75, 3.05) is 0 Å². The van der Waals surface area contributed by atoms with Crippen LogP contribution in [-0.4, -0.2) is 17.1 Å². The number of hydrogen-bond donors (Lipinski definition) is 0. The Kier molecular flexibility index (Phi) is 4.22. The van der Waals surface area contributed by atoms with Crippen LogP contribution in [0.4, 0.5) is 4.39 Å². The Labute approximate surface area is 93.6 Å². The van der Waals surface area contributed by atoms with E-state index in [-0.39, 0.29) is 18.3 Å². The maximum Gasteiger partial charge on any atom is 0.239 e. The normalized spacial score (nSPS) is 10.1. The molecule has 0 radical (unpaired) electrons. The highest BCUT2D eigenvalue weighted by atomic mass is 19.1. The van der Waals surface area contributed by atoms with Gasteiger partial charge in [0, 0.05) is 12.5 Å². The second kappa shape index (κ2) is 5.66. The molecule has 1 amide bonds. The van der Waals surface area contributed by atoms with Crippen LogP contribution in [0.1, 0.15) is 12.5 Å². The molecule has 0 heterocycles. The topological polar surface area (TPSA) is 32.7 Å². The molecular formula is C12H11FN2O. The summed E-state index contributed by atoms with van der Waals surface area (Å²) in [5, 5.41) is 4.84. The Morgan fingerprint density at radius 1 is 1.62 bits per heavy atom. The average Bonchev–Trinajstić information content (AvgIpc) is 2.26. The molecule has 0 aromatic heterocycles. The van der Waals surface area contributed by atoms with E-state index in [1.165, 1.54) is 13.0 Å². The molecule has 4 heteroatoms. The van der Waals surface area contributed by atoms with Gasteiger partial charge in [-0.25, -0.2) is 9.40 Å². The van der Waals surface area contributed by atoms with E-state index < -0.39 is 0 Å². The van der Waals surface area contributed by atoms with Gasteiger partial charge in [0.05, 0.1) is 12.8 Å². The zero-order valence-corrected chi connectivity index (χ0v) is 8.85. The maximum atomic E-state index is 13.3. The van der Waals surface area contributed by atoms with Gasteiger partial charge < -0.3 is 0 Å². The second-order valence-electron chi connectivity index (χ2n) is 3.08. The van der Waals surface area contributed by atoms with E-state index in [0.29, 0.717) is 5.56 Å². The summed E-state index contributed by atoms with van der Waals surface area (Å²) in [6, 6.07) is 6.21. The van der Waals surface area contributed by atoms with Crippen LogP contribution in [0.2, 0.25) is 0 Å². The Morgan fingerprint density at radius 2 is 2.31 bits per heavy atom. The van der Waals surface area contributed by atoms with Gasteiger partial charge in [0.2, 0.25) is 5.91 Å². The number of halogens is 1. The van der Waals surface area contributed by atoms with Crippen LogP contribution in [0.15, 0.2) is 29.4 Å². The predicted molar refractivity (Wildman–Crippen MR) is 59.9 cm³/mol. The Bertz CT molecular complexity index is 449. The van der Waals surface area contributed by atoms with E-state index in [1.807, 2.05) is 0 Å². The highest BCUT2D eigenvalue weighted by Gasteiger charge is 2.09. The summed E-state index contributed by atoms with van der Waals surface area (Å²) >= 11 is 0. The van der Waals surface area contributed by atoms with Crippen molar-refractivity contribution in [3.63, 3.8) is 0 Å². The summed E-state index contributed by atoms with van der Waals surface area (Å²) in [6.07, 6.45) is 6.14. The van der Waals surface area contributed by atoms with Crippen molar-refractivity contribution in [2.45, 2.75) is 13.5 Å². The lowest BCUT2D eigenvalue weighted by atomic mass is 10.2. The first-order chi connectivity index (χ1) is 7.65. The fourth-order valence-corrected chi connectivity index (χ4v) is 1.12. The van der Waals surface area contributed by atoms with Gasteiger partial charge in [0.1, 0.15) is 5.82 Å².